The molecule has 0 radical (unpaired) electrons. The van der Waals surface area contributed by atoms with Crippen LogP contribution in [0.15, 0.2) is 29.3 Å². The first kappa shape index (κ1) is 16.3. The Morgan fingerprint density at radius 1 is 1.40 bits per heavy atom. The van der Waals surface area contributed by atoms with Gasteiger partial charge >= 0.3 is 0 Å². The van der Waals surface area contributed by atoms with E-state index in [1.54, 1.807) is 14.2 Å². The quantitative estimate of drug-likeness (QED) is 0.611. The minimum Gasteiger partial charge on any atom is -0.383 e. The van der Waals surface area contributed by atoms with Crippen molar-refractivity contribution in [1.29, 1.82) is 0 Å². The summed E-state index contributed by atoms with van der Waals surface area (Å²) in [6.07, 6.45) is 0. The van der Waals surface area contributed by atoms with E-state index < -0.39 is 0 Å². The number of guanidine groups is 1. The van der Waals surface area contributed by atoms with Gasteiger partial charge in [-0.25, -0.2) is 0 Å². The van der Waals surface area contributed by atoms with E-state index in [9.17, 15) is 0 Å². The lowest BCUT2D eigenvalue weighted by Gasteiger charge is -2.18. The summed E-state index contributed by atoms with van der Waals surface area (Å²) in [7, 11) is 7.55. The SMILES string of the molecule is CN=C(NCc1cccc(N(C)C)c1)NC(C)COC. The Balaban J connectivity index is 2.54. The molecule has 0 spiro atoms. The summed E-state index contributed by atoms with van der Waals surface area (Å²) in [5.41, 5.74) is 2.42. The Kier molecular flexibility index (Phi) is 6.87. The predicted molar refractivity (Wildman–Crippen MR) is 85.4 cm³/mol. The zero-order valence-electron chi connectivity index (χ0n) is 13.1. The molecule has 1 aromatic carbocycles. The second-order valence-electron chi connectivity index (χ2n) is 4.99. The fourth-order valence-electron chi connectivity index (χ4n) is 1.85. The van der Waals surface area contributed by atoms with Gasteiger partial charge in [-0.2, -0.15) is 0 Å². The number of rotatable bonds is 6. The third-order valence-electron chi connectivity index (χ3n) is 2.91. The van der Waals surface area contributed by atoms with E-state index in [1.165, 1.54) is 11.3 Å². The molecule has 0 aromatic heterocycles. The first-order valence-electron chi connectivity index (χ1n) is 6.79. The van der Waals surface area contributed by atoms with Crippen molar-refractivity contribution in [2.75, 3.05) is 39.8 Å². The van der Waals surface area contributed by atoms with Crippen molar-refractivity contribution >= 4 is 11.6 Å². The first-order chi connectivity index (χ1) is 9.56. The number of nitrogens with one attached hydrogen (secondary N) is 2. The zero-order valence-corrected chi connectivity index (χ0v) is 13.1. The van der Waals surface area contributed by atoms with Crippen molar-refractivity contribution in [1.82, 2.24) is 10.6 Å². The Labute approximate surface area is 122 Å². The molecule has 0 aliphatic heterocycles. The zero-order chi connectivity index (χ0) is 15.0. The highest BCUT2D eigenvalue weighted by molar-refractivity contribution is 5.79. The molecule has 0 saturated heterocycles. The predicted octanol–water partition coefficient (Wildman–Crippen LogP) is 1.45. The Bertz CT molecular complexity index is 432. The van der Waals surface area contributed by atoms with E-state index in [2.05, 4.69) is 51.7 Å². The molecule has 0 bridgehead atoms. The van der Waals surface area contributed by atoms with E-state index in [0.717, 1.165) is 12.5 Å². The standard InChI is InChI=1S/C15H26N4O/c1-12(11-20-5)18-15(16-2)17-10-13-7-6-8-14(9-13)19(3)4/h6-9,12H,10-11H2,1-5H3,(H2,16,17,18). The van der Waals surface area contributed by atoms with Gasteiger partial charge in [-0.3, -0.25) is 4.99 Å². The van der Waals surface area contributed by atoms with Crippen molar-refractivity contribution < 1.29 is 4.74 Å². The smallest absolute Gasteiger partial charge is 0.191 e. The maximum Gasteiger partial charge on any atom is 0.191 e. The number of aliphatic imine (C=N–C) groups is 1. The summed E-state index contributed by atoms with van der Waals surface area (Å²) in [4.78, 5) is 6.31. The number of hydrogen-bond acceptors (Lipinski definition) is 3. The number of nitrogens with zero attached hydrogens (tertiary/aromatic N) is 2. The molecule has 1 unspecified atom stereocenters. The number of benzene rings is 1. The van der Waals surface area contributed by atoms with Crippen LogP contribution in [0.1, 0.15) is 12.5 Å². The third-order valence-corrected chi connectivity index (χ3v) is 2.91. The summed E-state index contributed by atoms with van der Waals surface area (Å²) in [6.45, 7) is 3.45. The van der Waals surface area contributed by atoms with Crippen molar-refractivity contribution in [2.45, 2.75) is 19.5 Å². The van der Waals surface area contributed by atoms with E-state index >= 15 is 0 Å². The third kappa shape index (κ3) is 5.48. The van der Waals surface area contributed by atoms with Crippen LogP contribution in [-0.4, -0.2) is 46.9 Å². The topological polar surface area (TPSA) is 48.9 Å². The van der Waals surface area contributed by atoms with Gasteiger partial charge in [-0.15, -0.1) is 0 Å². The van der Waals surface area contributed by atoms with Gasteiger partial charge in [0.2, 0.25) is 0 Å². The maximum absolute atomic E-state index is 5.10. The van der Waals surface area contributed by atoms with Crippen molar-refractivity contribution in [3.8, 4) is 0 Å². The number of ether oxygens (including phenoxy) is 1. The van der Waals surface area contributed by atoms with Gasteiger partial charge in [0.15, 0.2) is 5.96 Å². The molecular weight excluding hydrogens is 252 g/mol. The fourth-order valence-corrected chi connectivity index (χ4v) is 1.85. The molecule has 0 amide bonds. The second kappa shape index (κ2) is 8.43. The van der Waals surface area contributed by atoms with Crippen molar-refractivity contribution in [2.24, 2.45) is 4.99 Å². The van der Waals surface area contributed by atoms with E-state index in [4.69, 9.17) is 4.74 Å². The van der Waals surface area contributed by atoms with Crippen LogP contribution in [0.25, 0.3) is 0 Å². The van der Waals surface area contributed by atoms with Gasteiger partial charge in [0.1, 0.15) is 0 Å². The van der Waals surface area contributed by atoms with Gasteiger partial charge in [0.25, 0.3) is 0 Å². The van der Waals surface area contributed by atoms with Crippen LogP contribution >= 0.6 is 0 Å². The Hall–Kier alpha value is -1.75. The first-order valence-corrected chi connectivity index (χ1v) is 6.79. The molecule has 0 fully saturated rings. The molecule has 1 rings (SSSR count). The molecule has 0 saturated carbocycles. The van der Waals surface area contributed by atoms with Gasteiger partial charge in [-0.1, -0.05) is 12.1 Å². The number of hydrogen-bond donors (Lipinski definition) is 2. The summed E-state index contributed by atoms with van der Waals surface area (Å²) in [6, 6.07) is 8.65. The molecule has 1 aromatic rings. The highest BCUT2D eigenvalue weighted by Crippen LogP contribution is 2.12. The highest BCUT2D eigenvalue weighted by atomic mass is 16.5. The fraction of sp³-hybridized carbons (Fsp3) is 0.533. The van der Waals surface area contributed by atoms with Crippen LogP contribution in [0.2, 0.25) is 0 Å². The second-order valence-corrected chi connectivity index (χ2v) is 4.99. The summed E-state index contributed by atoms with van der Waals surface area (Å²) < 4.78 is 5.10. The average Bonchev–Trinajstić information content (AvgIpc) is 2.44. The van der Waals surface area contributed by atoms with Gasteiger partial charge in [-0.05, 0) is 24.6 Å². The number of anilines is 1. The van der Waals surface area contributed by atoms with Crippen molar-refractivity contribution in [3.63, 3.8) is 0 Å². The molecular formula is C15H26N4O. The van der Waals surface area contributed by atoms with Gasteiger partial charge in [0.05, 0.1) is 6.61 Å². The minimum absolute atomic E-state index is 0.222. The van der Waals surface area contributed by atoms with Crippen LogP contribution in [0, 0.1) is 0 Å². The molecule has 1 atom stereocenters. The van der Waals surface area contributed by atoms with Crippen LogP contribution in [0.4, 0.5) is 5.69 Å². The van der Waals surface area contributed by atoms with Crippen molar-refractivity contribution in [3.05, 3.63) is 29.8 Å². The summed E-state index contributed by atoms with van der Waals surface area (Å²) in [5.74, 6) is 0.782. The Morgan fingerprint density at radius 2 is 2.15 bits per heavy atom. The van der Waals surface area contributed by atoms with E-state index in [0.29, 0.717) is 6.61 Å². The van der Waals surface area contributed by atoms with E-state index in [1.807, 2.05) is 14.1 Å². The van der Waals surface area contributed by atoms with Crippen LogP contribution in [0.5, 0.6) is 0 Å². The summed E-state index contributed by atoms with van der Waals surface area (Å²) in [5, 5.41) is 6.58. The Morgan fingerprint density at radius 3 is 2.75 bits per heavy atom. The van der Waals surface area contributed by atoms with Crippen LogP contribution in [0.3, 0.4) is 0 Å². The lowest BCUT2D eigenvalue weighted by atomic mass is 10.2. The maximum atomic E-state index is 5.10. The molecule has 112 valence electrons. The lowest BCUT2D eigenvalue weighted by molar-refractivity contribution is 0.179. The van der Waals surface area contributed by atoms with Gasteiger partial charge in [0, 0.05) is 46.5 Å². The largest absolute Gasteiger partial charge is 0.383 e. The molecule has 2 N–H and O–H groups in total. The van der Waals surface area contributed by atoms with Crippen LogP contribution in [-0.2, 0) is 11.3 Å². The molecule has 5 heteroatoms. The molecule has 0 heterocycles. The molecule has 0 aliphatic carbocycles. The molecule has 5 nitrogen and oxygen atoms in total. The number of methoxy groups -OCH3 is 1. The average molecular weight is 278 g/mol. The van der Waals surface area contributed by atoms with Gasteiger partial charge < -0.3 is 20.3 Å². The monoisotopic (exact) mass is 278 g/mol. The van der Waals surface area contributed by atoms with E-state index in [-0.39, 0.29) is 6.04 Å². The minimum atomic E-state index is 0.222. The normalized spacial score (nSPS) is 12.9. The summed E-state index contributed by atoms with van der Waals surface area (Å²) >= 11 is 0. The molecule has 0 aliphatic rings. The molecule has 20 heavy (non-hydrogen) atoms. The van der Waals surface area contributed by atoms with Crippen LogP contribution < -0.4 is 15.5 Å². The highest BCUT2D eigenvalue weighted by Gasteiger charge is 2.04. The lowest BCUT2D eigenvalue weighted by Crippen LogP contribution is -2.43.